The molecule has 19 heavy (non-hydrogen) atoms. The van der Waals surface area contributed by atoms with E-state index in [0.717, 1.165) is 28.3 Å². The fourth-order valence-corrected chi connectivity index (χ4v) is 2.51. The summed E-state index contributed by atoms with van der Waals surface area (Å²) in [4.78, 5) is 4.47. The van der Waals surface area contributed by atoms with Crippen LogP contribution in [0.1, 0.15) is 17.3 Å². The Morgan fingerprint density at radius 2 is 2.21 bits per heavy atom. The van der Waals surface area contributed by atoms with Gasteiger partial charge in [-0.15, -0.1) is 11.6 Å². The lowest BCUT2D eigenvalue weighted by atomic mass is 10.3. The van der Waals surface area contributed by atoms with Gasteiger partial charge in [0.25, 0.3) is 0 Å². The summed E-state index contributed by atoms with van der Waals surface area (Å²) in [5.74, 6) is 1.87. The first kappa shape index (κ1) is 12.5. The summed E-state index contributed by atoms with van der Waals surface area (Å²) in [5.41, 5.74) is 2.55. The van der Waals surface area contributed by atoms with Gasteiger partial charge in [0.05, 0.1) is 23.0 Å². The van der Waals surface area contributed by atoms with Crippen molar-refractivity contribution in [2.24, 2.45) is 0 Å². The highest BCUT2D eigenvalue weighted by Crippen LogP contribution is 2.25. The van der Waals surface area contributed by atoms with Gasteiger partial charge in [-0.2, -0.15) is 0 Å². The van der Waals surface area contributed by atoms with E-state index in [4.69, 9.17) is 27.7 Å². The number of hydrogen-bond donors (Lipinski definition) is 0. The summed E-state index contributed by atoms with van der Waals surface area (Å²) >= 11 is 12.1. The maximum Gasteiger partial charge on any atom is 0.133 e. The molecule has 0 N–H and O–H groups in total. The maximum absolute atomic E-state index is 6.15. The minimum Gasteiger partial charge on any atom is -0.361 e. The van der Waals surface area contributed by atoms with Gasteiger partial charge in [-0.05, 0) is 19.1 Å². The fraction of sp³-hybridized carbons (Fsp3) is 0.231. The molecule has 0 aliphatic rings. The summed E-state index contributed by atoms with van der Waals surface area (Å²) in [5, 5.41) is 4.62. The van der Waals surface area contributed by atoms with E-state index in [0.29, 0.717) is 17.4 Å². The van der Waals surface area contributed by atoms with Gasteiger partial charge in [-0.3, -0.25) is 0 Å². The van der Waals surface area contributed by atoms with E-state index in [1.54, 1.807) is 0 Å². The first-order chi connectivity index (χ1) is 9.19. The molecule has 0 saturated heterocycles. The number of aromatic nitrogens is 3. The van der Waals surface area contributed by atoms with E-state index in [2.05, 4.69) is 10.1 Å². The molecule has 0 fully saturated rings. The van der Waals surface area contributed by atoms with Crippen LogP contribution in [0.2, 0.25) is 5.02 Å². The largest absolute Gasteiger partial charge is 0.361 e. The van der Waals surface area contributed by atoms with Crippen molar-refractivity contribution in [3.63, 3.8) is 0 Å². The van der Waals surface area contributed by atoms with Crippen molar-refractivity contribution in [2.75, 3.05) is 0 Å². The van der Waals surface area contributed by atoms with Crippen LogP contribution in [0.3, 0.4) is 0 Å². The highest BCUT2D eigenvalue weighted by Gasteiger charge is 2.13. The van der Waals surface area contributed by atoms with Crippen LogP contribution >= 0.6 is 23.2 Å². The van der Waals surface area contributed by atoms with Crippen LogP contribution in [-0.2, 0) is 12.4 Å². The number of alkyl halides is 1. The quantitative estimate of drug-likeness (QED) is 0.691. The maximum atomic E-state index is 6.15. The van der Waals surface area contributed by atoms with Crippen LogP contribution in [0.5, 0.6) is 0 Å². The van der Waals surface area contributed by atoms with E-state index in [-0.39, 0.29) is 0 Å². The van der Waals surface area contributed by atoms with Crippen molar-refractivity contribution >= 4 is 34.2 Å². The van der Waals surface area contributed by atoms with Crippen molar-refractivity contribution in [1.29, 1.82) is 0 Å². The van der Waals surface area contributed by atoms with Gasteiger partial charge in [-0.1, -0.05) is 22.8 Å². The topological polar surface area (TPSA) is 43.9 Å². The van der Waals surface area contributed by atoms with Crippen LogP contribution in [0.4, 0.5) is 0 Å². The lowest BCUT2D eigenvalue weighted by Gasteiger charge is -2.04. The average Bonchev–Trinajstić information content (AvgIpc) is 2.96. The first-order valence-electron chi connectivity index (χ1n) is 5.81. The summed E-state index contributed by atoms with van der Waals surface area (Å²) in [6, 6.07) is 7.58. The number of imidazole rings is 1. The van der Waals surface area contributed by atoms with Gasteiger partial charge in [0.1, 0.15) is 22.8 Å². The molecule has 0 unspecified atom stereocenters. The predicted octanol–water partition coefficient (Wildman–Crippen LogP) is 3.77. The van der Waals surface area contributed by atoms with Crippen LogP contribution < -0.4 is 0 Å². The van der Waals surface area contributed by atoms with Crippen molar-refractivity contribution in [3.8, 4) is 0 Å². The van der Waals surface area contributed by atoms with Gasteiger partial charge in [-0.25, -0.2) is 4.98 Å². The van der Waals surface area contributed by atoms with Crippen LogP contribution in [0.15, 0.2) is 28.8 Å². The van der Waals surface area contributed by atoms with Gasteiger partial charge < -0.3 is 9.09 Å². The molecule has 0 aliphatic carbocycles. The fourth-order valence-electron chi connectivity index (χ4n) is 2.09. The molecule has 98 valence electrons. The number of fused-ring (bicyclic) bond motifs is 1. The Morgan fingerprint density at radius 1 is 1.37 bits per heavy atom. The third kappa shape index (κ3) is 2.22. The Morgan fingerprint density at radius 3 is 2.89 bits per heavy atom. The number of hydrogen-bond acceptors (Lipinski definition) is 3. The van der Waals surface area contributed by atoms with Gasteiger partial charge in [0, 0.05) is 6.07 Å². The number of nitrogens with zero attached hydrogens (tertiary/aromatic N) is 3. The number of rotatable bonds is 3. The third-order valence-electron chi connectivity index (χ3n) is 2.93. The van der Waals surface area contributed by atoms with E-state index < -0.39 is 0 Å². The second-order valence-electron chi connectivity index (χ2n) is 4.28. The molecule has 0 atom stereocenters. The third-order valence-corrected chi connectivity index (χ3v) is 3.47. The minimum atomic E-state index is 0.321. The molecule has 3 rings (SSSR count). The summed E-state index contributed by atoms with van der Waals surface area (Å²) in [6.07, 6.45) is 0. The Labute approximate surface area is 119 Å². The Kier molecular flexibility index (Phi) is 3.21. The Bertz CT molecular complexity index is 733. The lowest BCUT2D eigenvalue weighted by Crippen LogP contribution is -2.03. The first-order valence-corrected chi connectivity index (χ1v) is 6.72. The predicted molar refractivity (Wildman–Crippen MR) is 74.6 cm³/mol. The zero-order valence-electron chi connectivity index (χ0n) is 10.2. The van der Waals surface area contributed by atoms with Gasteiger partial charge in [0.2, 0.25) is 0 Å². The lowest BCUT2D eigenvalue weighted by molar-refractivity contribution is 0.389. The van der Waals surface area contributed by atoms with E-state index >= 15 is 0 Å². The van der Waals surface area contributed by atoms with Crippen LogP contribution in [-0.4, -0.2) is 14.7 Å². The molecule has 0 amide bonds. The molecule has 6 heteroatoms. The molecule has 2 aromatic heterocycles. The second-order valence-corrected chi connectivity index (χ2v) is 4.96. The second kappa shape index (κ2) is 4.87. The normalized spacial score (nSPS) is 11.3. The van der Waals surface area contributed by atoms with Gasteiger partial charge >= 0.3 is 0 Å². The van der Waals surface area contributed by atoms with Crippen molar-refractivity contribution in [2.45, 2.75) is 19.3 Å². The van der Waals surface area contributed by atoms with Crippen molar-refractivity contribution < 1.29 is 4.52 Å². The molecule has 1 aromatic carbocycles. The van der Waals surface area contributed by atoms with E-state index in [1.165, 1.54) is 0 Å². The number of aryl methyl sites for hydroxylation is 1. The SMILES string of the molecule is Cc1cc(Cn2c(CCl)nc3c(Cl)cccc32)no1. The highest BCUT2D eigenvalue weighted by atomic mass is 35.5. The molecule has 3 aromatic rings. The Hall–Kier alpha value is -1.52. The molecule has 0 radical (unpaired) electrons. The van der Waals surface area contributed by atoms with Crippen molar-refractivity contribution in [3.05, 3.63) is 46.6 Å². The minimum absolute atomic E-state index is 0.321. The highest BCUT2D eigenvalue weighted by molar-refractivity contribution is 6.35. The summed E-state index contributed by atoms with van der Waals surface area (Å²) in [6.45, 7) is 2.43. The standard InChI is InChI=1S/C13H11Cl2N3O/c1-8-5-9(17-19-8)7-18-11-4-2-3-10(15)13(11)16-12(18)6-14/h2-5H,6-7H2,1H3. The Balaban J connectivity index is 2.13. The number of para-hydroxylation sites is 1. The van der Waals surface area contributed by atoms with E-state index in [1.807, 2.05) is 35.8 Å². The summed E-state index contributed by atoms with van der Waals surface area (Å²) in [7, 11) is 0. The van der Waals surface area contributed by atoms with Gasteiger partial charge in [0.15, 0.2) is 0 Å². The molecule has 2 heterocycles. The van der Waals surface area contributed by atoms with Crippen LogP contribution in [0.25, 0.3) is 11.0 Å². The smallest absolute Gasteiger partial charge is 0.133 e. The molecule has 0 spiro atoms. The molecule has 0 saturated carbocycles. The monoisotopic (exact) mass is 295 g/mol. The molecular formula is C13H11Cl2N3O. The number of benzene rings is 1. The van der Waals surface area contributed by atoms with Crippen molar-refractivity contribution in [1.82, 2.24) is 14.7 Å². The molecule has 4 nitrogen and oxygen atoms in total. The van der Waals surface area contributed by atoms with E-state index in [9.17, 15) is 0 Å². The average molecular weight is 296 g/mol. The number of halogens is 2. The molecule has 0 aliphatic heterocycles. The summed E-state index contributed by atoms with van der Waals surface area (Å²) < 4.78 is 7.09. The molecule has 0 bridgehead atoms. The zero-order chi connectivity index (χ0) is 13.4. The zero-order valence-corrected chi connectivity index (χ0v) is 11.7. The van der Waals surface area contributed by atoms with Crippen LogP contribution in [0, 0.1) is 6.92 Å². The molecular weight excluding hydrogens is 285 g/mol.